The van der Waals surface area contributed by atoms with Crippen LogP contribution >= 0.6 is 11.6 Å². The smallest absolute Gasteiger partial charge is 0.254 e. The third kappa shape index (κ3) is 3.22. The number of carbonyl (C=O) groups excluding carboxylic acids is 2. The van der Waals surface area contributed by atoms with Crippen molar-refractivity contribution in [2.45, 2.75) is 13.0 Å². The number of hydrogen-bond acceptors (Lipinski definition) is 2. The summed E-state index contributed by atoms with van der Waals surface area (Å²) in [5, 5.41) is 3.42. The Morgan fingerprint density at radius 2 is 1.78 bits per heavy atom. The lowest BCUT2D eigenvalue weighted by Gasteiger charge is -2.35. The van der Waals surface area contributed by atoms with Crippen LogP contribution < -0.4 is 5.32 Å². The number of carbonyl (C=O) groups is 2. The van der Waals surface area contributed by atoms with Gasteiger partial charge < -0.3 is 10.2 Å². The van der Waals surface area contributed by atoms with Crippen LogP contribution in [0, 0.1) is 6.92 Å². The summed E-state index contributed by atoms with van der Waals surface area (Å²) in [6.45, 7) is 2.91. The van der Waals surface area contributed by atoms with Crippen LogP contribution in [0.3, 0.4) is 0 Å². The Balaban J connectivity index is 1.94. The van der Waals surface area contributed by atoms with Gasteiger partial charge >= 0.3 is 0 Å². The Morgan fingerprint density at radius 1 is 1.13 bits per heavy atom. The number of rotatable bonds is 2. The van der Waals surface area contributed by atoms with E-state index in [9.17, 15) is 9.59 Å². The summed E-state index contributed by atoms with van der Waals surface area (Å²) in [5.41, 5.74) is 2.43. The van der Waals surface area contributed by atoms with E-state index in [0.29, 0.717) is 23.7 Å². The average Bonchev–Trinajstić information content (AvgIpc) is 2.56. The molecule has 1 atom stereocenters. The van der Waals surface area contributed by atoms with E-state index in [1.54, 1.807) is 41.3 Å². The van der Waals surface area contributed by atoms with Crippen molar-refractivity contribution >= 4 is 23.4 Å². The van der Waals surface area contributed by atoms with Gasteiger partial charge in [0.15, 0.2) is 0 Å². The van der Waals surface area contributed by atoms with Gasteiger partial charge in [0.05, 0.1) is 0 Å². The summed E-state index contributed by atoms with van der Waals surface area (Å²) in [6, 6.07) is 13.8. The zero-order chi connectivity index (χ0) is 16.4. The van der Waals surface area contributed by atoms with Gasteiger partial charge in [-0.25, -0.2) is 0 Å². The fraction of sp³-hybridized carbons (Fsp3) is 0.222. The van der Waals surface area contributed by atoms with E-state index >= 15 is 0 Å². The summed E-state index contributed by atoms with van der Waals surface area (Å²) in [5.74, 6) is -0.307. The first-order chi connectivity index (χ1) is 11.1. The molecule has 1 N–H and O–H groups in total. The first kappa shape index (κ1) is 15.6. The Hall–Kier alpha value is -2.33. The maximum absolute atomic E-state index is 12.8. The molecule has 3 rings (SSSR count). The van der Waals surface area contributed by atoms with Crippen LogP contribution in [0.25, 0.3) is 0 Å². The van der Waals surface area contributed by atoms with Gasteiger partial charge in [0.2, 0.25) is 5.91 Å². The molecule has 0 spiro atoms. The van der Waals surface area contributed by atoms with E-state index in [1.165, 1.54) is 0 Å². The molecular formula is C18H17ClN2O2. The second-order valence-electron chi connectivity index (χ2n) is 5.61. The standard InChI is InChI=1S/C18H17ClN2O2/c1-12-2-4-14(5-3-12)18(23)21-11-10-20-17(22)16(21)13-6-8-15(19)9-7-13/h2-9,16H,10-11H2,1H3,(H,20,22). The SMILES string of the molecule is Cc1ccc(C(=O)N2CCNC(=O)C2c2ccc(Cl)cc2)cc1. The molecule has 0 aliphatic carbocycles. The molecule has 0 radical (unpaired) electrons. The summed E-state index contributed by atoms with van der Waals surface area (Å²) < 4.78 is 0. The maximum Gasteiger partial charge on any atom is 0.254 e. The van der Waals surface area contributed by atoms with Crippen molar-refractivity contribution in [3.63, 3.8) is 0 Å². The first-order valence-electron chi connectivity index (χ1n) is 7.47. The number of nitrogens with one attached hydrogen (secondary N) is 1. The van der Waals surface area contributed by atoms with Crippen molar-refractivity contribution in [1.82, 2.24) is 10.2 Å². The van der Waals surface area contributed by atoms with Gasteiger partial charge in [0.1, 0.15) is 6.04 Å². The third-order valence-electron chi connectivity index (χ3n) is 3.96. The highest BCUT2D eigenvalue weighted by atomic mass is 35.5. The molecule has 1 saturated heterocycles. The Labute approximate surface area is 140 Å². The van der Waals surface area contributed by atoms with E-state index in [4.69, 9.17) is 11.6 Å². The molecule has 2 amide bonds. The maximum atomic E-state index is 12.8. The molecule has 1 unspecified atom stereocenters. The highest BCUT2D eigenvalue weighted by Gasteiger charge is 2.34. The molecular weight excluding hydrogens is 312 g/mol. The second kappa shape index (κ2) is 6.42. The third-order valence-corrected chi connectivity index (χ3v) is 4.21. The van der Waals surface area contributed by atoms with Gasteiger partial charge in [0, 0.05) is 23.7 Å². The van der Waals surface area contributed by atoms with E-state index in [0.717, 1.165) is 11.1 Å². The van der Waals surface area contributed by atoms with Crippen molar-refractivity contribution in [3.05, 3.63) is 70.2 Å². The molecule has 23 heavy (non-hydrogen) atoms. The molecule has 0 bridgehead atoms. The van der Waals surface area contributed by atoms with Crippen molar-refractivity contribution < 1.29 is 9.59 Å². The largest absolute Gasteiger partial charge is 0.352 e. The number of amides is 2. The molecule has 1 aliphatic heterocycles. The predicted molar refractivity (Wildman–Crippen MR) is 89.4 cm³/mol. The van der Waals surface area contributed by atoms with Crippen LogP contribution in [-0.4, -0.2) is 29.8 Å². The van der Waals surface area contributed by atoms with Gasteiger partial charge in [-0.2, -0.15) is 0 Å². The summed E-state index contributed by atoms with van der Waals surface area (Å²) in [7, 11) is 0. The molecule has 5 heteroatoms. The highest BCUT2D eigenvalue weighted by Crippen LogP contribution is 2.26. The molecule has 1 fully saturated rings. The monoisotopic (exact) mass is 328 g/mol. The zero-order valence-corrected chi connectivity index (χ0v) is 13.5. The van der Waals surface area contributed by atoms with Gasteiger partial charge in [-0.3, -0.25) is 9.59 Å². The Morgan fingerprint density at radius 3 is 2.43 bits per heavy atom. The second-order valence-corrected chi connectivity index (χ2v) is 6.05. The lowest BCUT2D eigenvalue weighted by Crippen LogP contribution is -2.52. The molecule has 0 aromatic heterocycles. The Kier molecular flexibility index (Phi) is 4.35. The van der Waals surface area contributed by atoms with Crippen LogP contribution in [0.4, 0.5) is 0 Å². The minimum absolute atomic E-state index is 0.139. The van der Waals surface area contributed by atoms with Gasteiger partial charge in [0.25, 0.3) is 5.91 Å². The molecule has 1 heterocycles. The lowest BCUT2D eigenvalue weighted by molar-refractivity contribution is -0.128. The van der Waals surface area contributed by atoms with E-state index in [-0.39, 0.29) is 11.8 Å². The molecule has 2 aromatic rings. The number of aryl methyl sites for hydroxylation is 1. The number of hydrogen-bond donors (Lipinski definition) is 1. The molecule has 118 valence electrons. The van der Waals surface area contributed by atoms with E-state index in [1.807, 2.05) is 19.1 Å². The fourth-order valence-electron chi connectivity index (χ4n) is 2.72. The molecule has 4 nitrogen and oxygen atoms in total. The molecule has 0 saturated carbocycles. The van der Waals surface area contributed by atoms with E-state index < -0.39 is 6.04 Å². The van der Waals surface area contributed by atoms with Crippen molar-refractivity contribution in [2.24, 2.45) is 0 Å². The van der Waals surface area contributed by atoms with Crippen LogP contribution in [-0.2, 0) is 4.79 Å². The van der Waals surface area contributed by atoms with Crippen LogP contribution in [0.1, 0.15) is 27.5 Å². The first-order valence-corrected chi connectivity index (χ1v) is 7.85. The topological polar surface area (TPSA) is 49.4 Å². The summed E-state index contributed by atoms with van der Waals surface area (Å²) >= 11 is 5.92. The van der Waals surface area contributed by atoms with Gasteiger partial charge in [-0.05, 0) is 36.8 Å². The van der Waals surface area contributed by atoms with Crippen LogP contribution in [0.15, 0.2) is 48.5 Å². The predicted octanol–water partition coefficient (Wildman–Crippen LogP) is 2.96. The normalized spacial score (nSPS) is 17.7. The van der Waals surface area contributed by atoms with Crippen LogP contribution in [0.5, 0.6) is 0 Å². The fourth-order valence-corrected chi connectivity index (χ4v) is 2.85. The van der Waals surface area contributed by atoms with Crippen molar-refractivity contribution in [2.75, 3.05) is 13.1 Å². The van der Waals surface area contributed by atoms with Crippen molar-refractivity contribution in [3.8, 4) is 0 Å². The highest BCUT2D eigenvalue weighted by molar-refractivity contribution is 6.30. The number of piperazine rings is 1. The quantitative estimate of drug-likeness (QED) is 0.921. The summed E-state index contributed by atoms with van der Waals surface area (Å²) in [4.78, 5) is 26.8. The molecule has 2 aromatic carbocycles. The van der Waals surface area contributed by atoms with Crippen LogP contribution in [0.2, 0.25) is 5.02 Å². The van der Waals surface area contributed by atoms with Gasteiger partial charge in [-0.15, -0.1) is 0 Å². The van der Waals surface area contributed by atoms with Crippen molar-refractivity contribution in [1.29, 1.82) is 0 Å². The summed E-state index contributed by atoms with van der Waals surface area (Å²) in [6.07, 6.45) is 0. The Bertz CT molecular complexity index is 726. The molecule has 1 aliphatic rings. The van der Waals surface area contributed by atoms with Gasteiger partial charge in [-0.1, -0.05) is 41.4 Å². The minimum atomic E-state index is -0.630. The minimum Gasteiger partial charge on any atom is -0.352 e. The number of benzene rings is 2. The number of nitrogens with zero attached hydrogens (tertiary/aromatic N) is 1. The number of halogens is 1. The average molecular weight is 329 g/mol. The lowest BCUT2D eigenvalue weighted by atomic mass is 10.0. The van der Waals surface area contributed by atoms with E-state index in [2.05, 4.69) is 5.32 Å². The zero-order valence-electron chi connectivity index (χ0n) is 12.8.